The molecule has 2 N–H and O–H groups in total. The summed E-state index contributed by atoms with van der Waals surface area (Å²) >= 11 is 0. The van der Waals surface area contributed by atoms with E-state index in [1.165, 1.54) is 24.1 Å². The first-order valence-corrected chi connectivity index (χ1v) is 11.0. The summed E-state index contributed by atoms with van der Waals surface area (Å²) in [6.07, 6.45) is 0. The Balaban J connectivity index is 1.59. The van der Waals surface area contributed by atoms with Gasteiger partial charge in [-0.05, 0) is 53.6 Å². The summed E-state index contributed by atoms with van der Waals surface area (Å²) in [4.78, 5) is 39.0. The predicted molar refractivity (Wildman–Crippen MR) is 127 cm³/mol. The molecule has 2 heterocycles. The predicted octanol–water partition coefficient (Wildman–Crippen LogP) is 3.74. The fourth-order valence-electron chi connectivity index (χ4n) is 4.32. The summed E-state index contributed by atoms with van der Waals surface area (Å²) in [5, 5.41) is 20.4. The standard InChI is InChI=1S/C27H21NO8/c1-34-19-9-6-16(7-10-19)23-22(24(29)18-8-11-20-21(12-18)36-14-35-20)25(30)26(31)28(23)13-15-2-4-17(5-3-15)27(32)33/h2-12,23,29H,13-14H2,1H3,(H,32,33)/b24-22-. The number of amides is 1. The quantitative estimate of drug-likeness (QED) is 0.306. The van der Waals surface area contributed by atoms with E-state index in [4.69, 9.17) is 19.3 Å². The molecule has 1 unspecified atom stereocenters. The van der Waals surface area contributed by atoms with E-state index in [1.807, 2.05) is 0 Å². The van der Waals surface area contributed by atoms with Crippen molar-refractivity contribution in [2.45, 2.75) is 12.6 Å². The number of likely N-dealkylation sites (tertiary alicyclic amines) is 1. The van der Waals surface area contributed by atoms with Crippen molar-refractivity contribution in [3.8, 4) is 17.2 Å². The molecular weight excluding hydrogens is 466 g/mol. The Bertz CT molecular complexity index is 1390. The minimum absolute atomic E-state index is 0.0269. The maximum Gasteiger partial charge on any atom is 0.335 e. The Labute approximate surface area is 205 Å². The van der Waals surface area contributed by atoms with Gasteiger partial charge in [-0.15, -0.1) is 0 Å². The van der Waals surface area contributed by atoms with Crippen LogP contribution in [-0.2, 0) is 16.1 Å². The van der Waals surface area contributed by atoms with Gasteiger partial charge in [-0.1, -0.05) is 24.3 Å². The van der Waals surface area contributed by atoms with Crippen LogP contribution in [0.1, 0.15) is 33.1 Å². The highest BCUT2D eigenvalue weighted by Gasteiger charge is 2.46. The fourth-order valence-corrected chi connectivity index (χ4v) is 4.32. The number of methoxy groups -OCH3 is 1. The van der Waals surface area contributed by atoms with Crippen molar-refractivity contribution in [2.75, 3.05) is 13.9 Å². The number of benzene rings is 3. The molecule has 2 aliphatic heterocycles. The van der Waals surface area contributed by atoms with E-state index in [0.29, 0.717) is 33.9 Å². The zero-order valence-corrected chi connectivity index (χ0v) is 19.1. The number of aromatic carboxylic acids is 1. The van der Waals surface area contributed by atoms with Crippen molar-refractivity contribution >= 4 is 23.4 Å². The molecule has 0 saturated carbocycles. The Morgan fingerprint density at radius 2 is 1.61 bits per heavy atom. The van der Waals surface area contributed by atoms with Crippen molar-refractivity contribution in [1.29, 1.82) is 0 Å². The number of hydrogen-bond acceptors (Lipinski definition) is 7. The third kappa shape index (κ3) is 4.00. The fraction of sp³-hybridized carbons (Fsp3) is 0.148. The molecule has 0 radical (unpaired) electrons. The number of carbonyl (C=O) groups excluding carboxylic acids is 2. The molecule has 1 amide bonds. The number of carboxylic acid groups (broad SMARTS) is 1. The molecule has 1 fully saturated rings. The summed E-state index contributed by atoms with van der Waals surface area (Å²) in [6, 6.07) is 16.8. The Morgan fingerprint density at radius 3 is 2.28 bits per heavy atom. The van der Waals surface area contributed by atoms with Crippen molar-refractivity contribution in [3.63, 3.8) is 0 Å². The summed E-state index contributed by atoms with van der Waals surface area (Å²) in [7, 11) is 1.53. The number of carbonyl (C=O) groups is 3. The lowest BCUT2D eigenvalue weighted by Crippen LogP contribution is -2.29. The van der Waals surface area contributed by atoms with Crippen LogP contribution >= 0.6 is 0 Å². The van der Waals surface area contributed by atoms with Crippen molar-refractivity contribution in [1.82, 2.24) is 4.90 Å². The molecule has 0 bridgehead atoms. The highest BCUT2D eigenvalue weighted by Crippen LogP contribution is 2.42. The van der Waals surface area contributed by atoms with Crippen LogP contribution < -0.4 is 14.2 Å². The average Bonchev–Trinajstić information content (AvgIpc) is 3.46. The molecule has 5 rings (SSSR count). The Kier molecular flexibility index (Phi) is 5.81. The lowest BCUT2D eigenvalue weighted by Gasteiger charge is -2.25. The van der Waals surface area contributed by atoms with Crippen molar-refractivity contribution in [2.24, 2.45) is 0 Å². The number of aliphatic hydroxyl groups excluding tert-OH is 1. The van der Waals surface area contributed by atoms with Gasteiger partial charge in [0, 0.05) is 12.1 Å². The first-order chi connectivity index (χ1) is 17.4. The molecular formula is C27H21NO8. The number of carboxylic acids is 1. The lowest BCUT2D eigenvalue weighted by molar-refractivity contribution is -0.140. The normalized spacial score (nSPS) is 17.9. The highest BCUT2D eigenvalue weighted by atomic mass is 16.7. The van der Waals surface area contributed by atoms with Crippen LogP contribution in [0.25, 0.3) is 5.76 Å². The molecule has 1 atom stereocenters. The van der Waals surface area contributed by atoms with Gasteiger partial charge in [0.05, 0.1) is 24.3 Å². The maximum atomic E-state index is 13.2. The molecule has 2 aliphatic rings. The average molecular weight is 487 g/mol. The van der Waals surface area contributed by atoms with Gasteiger partial charge in [0.25, 0.3) is 11.7 Å². The SMILES string of the molecule is COc1ccc(C2/C(=C(/O)c3ccc4c(c3)OCO4)C(=O)C(=O)N2Cc2ccc(C(=O)O)cc2)cc1. The molecule has 9 nitrogen and oxygen atoms in total. The molecule has 0 spiro atoms. The molecule has 3 aromatic rings. The monoisotopic (exact) mass is 487 g/mol. The number of hydrogen-bond donors (Lipinski definition) is 2. The van der Waals surface area contributed by atoms with Gasteiger partial charge in [0.2, 0.25) is 6.79 Å². The Morgan fingerprint density at radius 1 is 0.944 bits per heavy atom. The number of fused-ring (bicyclic) bond motifs is 1. The molecule has 0 aromatic heterocycles. The first kappa shape index (κ1) is 23.0. The number of aliphatic hydroxyl groups is 1. The van der Waals surface area contributed by atoms with Crippen LogP contribution in [0.15, 0.2) is 72.3 Å². The number of nitrogens with zero attached hydrogens (tertiary/aromatic N) is 1. The van der Waals surface area contributed by atoms with E-state index < -0.39 is 23.7 Å². The Hall–Kier alpha value is -4.79. The molecule has 3 aromatic carbocycles. The second-order valence-electron chi connectivity index (χ2n) is 8.27. The largest absolute Gasteiger partial charge is 0.507 e. The van der Waals surface area contributed by atoms with Crippen LogP contribution in [-0.4, -0.2) is 46.7 Å². The zero-order valence-electron chi connectivity index (χ0n) is 19.1. The minimum atomic E-state index is -1.07. The van der Waals surface area contributed by atoms with Gasteiger partial charge >= 0.3 is 5.97 Å². The van der Waals surface area contributed by atoms with Crippen LogP contribution in [0.4, 0.5) is 0 Å². The number of Topliss-reactive ketones (excluding diaryl/α,β-unsaturated/α-hetero) is 1. The highest BCUT2D eigenvalue weighted by molar-refractivity contribution is 6.46. The maximum absolute atomic E-state index is 13.2. The van der Waals surface area contributed by atoms with Crippen LogP contribution in [0.5, 0.6) is 17.2 Å². The summed E-state index contributed by atoms with van der Waals surface area (Å²) in [6.45, 7) is 0.0789. The van der Waals surface area contributed by atoms with Gasteiger partial charge < -0.3 is 29.3 Å². The number of ketones is 1. The van der Waals surface area contributed by atoms with E-state index in [9.17, 15) is 19.5 Å². The third-order valence-corrected chi connectivity index (χ3v) is 6.17. The van der Waals surface area contributed by atoms with Crippen molar-refractivity contribution in [3.05, 3.63) is 94.6 Å². The molecule has 9 heteroatoms. The lowest BCUT2D eigenvalue weighted by atomic mass is 9.95. The zero-order chi connectivity index (χ0) is 25.4. The smallest absolute Gasteiger partial charge is 0.335 e. The van der Waals surface area contributed by atoms with Gasteiger partial charge in [-0.3, -0.25) is 9.59 Å². The van der Waals surface area contributed by atoms with E-state index in [0.717, 1.165) is 0 Å². The number of ether oxygens (including phenoxy) is 3. The molecule has 182 valence electrons. The topological polar surface area (TPSA) is 123 Å². The van der Waals surface area contributed by atoms with Crippen LogP contribution in [0, 0.1) is 0 Å². The third-order valence-electron chi connectivity index (χ3n) is 6.17. The molecule has 1 saturated heterocycles. The summed E-state index contributed by atoms with van der Waals surface area (Å²) < 4.78 is 15.9. The van der Waals surface area contributed by atoms with E-state index >= 15 is 0 Å². The number of rotatable bonds is 6. The first-order valence-electron chi connectivity index (χ1n) is 11.0. The van der Waals surface area contributed by atoms with Gasteiger partial charge in [0.1, 0.15) is 11.5 Å². The van der Waals surface area contributed by atoms with Crippen molar-refractivity contribution < 1.29 is 38.8 Å². The van der Waals surface area contributed by atoms with E-state index in [1.54, 1.807) is 54.6 Å². The minimum Gasteiger partial charge on any atom is -0.507 e. The molecule has 36 heavy (non-hydrogen) atoms. The van der Waals surface area contributed by atoms with E-state index in [2.05, 4.69) is 0 Å². The van der Waals surface area contributed by atoms with Crippen LogP contribution in [0.2, 0.25) is 0 Å². The van der Waals surface area contributed by atoms with Gasteiger partial charge in [-0.25, -0.2) is 4.79 Å². The second-order valence-corrected chi connectivity index (χ2v) is 8.27. The van der Waals surface area contributed by atoms with Gasteiger partial charge in [0.15, 0.2) is 11.5 Å². The van der Waals surface area contributed by atoms with E-state index in [-0.39, 0.29) is 30.2 Å². The summed E-state index contributed by atoms with van der Waals surface area (Å²) in [5.74, 6) is -1.47. The summed E-state index contributed by atoms with van der Waals surface area (Å²) in [5.41, 5.74) is 1.58. The second kappa shape index (κ2) is 9.10. The van der Waals surface area contributed by atoms with Crippen LogP contribution in [0.3, 0.4) is 0 Å². The van der Waals surface area contributed by atoms with Gasteiger partial charge in [-0.2, -0.15) is 0 Å². The molecule has 0 aliphatic carbocycles.